The quantitative estimate of drug-likeness (QED) is 0.614. The fourth-order valence-electron chi connectivity index (χ4n) is 2.89. The van der Waals surface area contributed by atoms with E-state index in [1.165, 1.54) is 30.7 Å². The Morgan fingerprint density at radius 2 is 1.57 bits per heavy atom. The van der Waals surface area contributed by atoms with Crippen LogP contribution in [0.2, 0.25) is 0 Å². The molecular weight excluding hydrogens is 408 g/mol. The molecule has 2 aromatic carbocycles. The van der Waals surface area contributed by atoms with Gasteiger partial charge < -0.3 is 19.5 Å². The molecule has 30 heavy (non-hydrogen) atoms. The first kappa shape index (κ1) is 23.5. The van der Waals surface area contributed by atoms with Gasteiger partial charge in [0.25, 0.3) is 5.91 Å². The van der Waals surface area contributed by atoms with Crippen LogP contribution in [-0.2, 0) is 10.0 Å². The van der Waals surface area contributed by atoms with E-state index in [0.717, 1.165) is 0 Å². The first-order valence-corrected chi connectivity index (χ1v) is 11.1. The Morgan fingerprint density at radius 3 is 2.07 bits per heavy atom. The molecule has 8 nitrogen and oxygen atoms in total. The van der Waals surface area contributed by atoms with Gasteiger partial charge in [0, 0.05) is 24.7 Å². The maximum Gasteiger partial charge on any atom is 0.256 e. The summed E-state index contributed by atoms with van der Waals surface area (Å²) < 4.78 is 43.1. The fraction of sp³-hybridized carbons (Fsp3) is 0.381. The SMILES string of the molecule is CCOc1ccc(S(=O)(=O)N(CC)CC)cc1NC(=O)c1cc(OC)cc(OC)c1. The summed E-state index contributed by atoms with van der Waals surface area (Å²) >= 11 is 0. The van der Waals surface area contributed by atoms with E-state index in [9.17, 15) is 13.2 Å². The molecule has 0 radical (unpaired) electrons. The van der Waals surface area contributed by atoms with Crippen LogP contribution in [-0.4, -0.2) is 52.5 Å². The molecule has 0 bridgehead atoms. The van der Waals surface area contributed by atoms with Gasteiger partial charge in [-0.3, -0.25) is 4.79 Å². The van der Waals surface area contributed by atoms with Crippen molar-refractivity contribution in [1.29, 1.82) is 0 Å². The van der Waals surface area contributed by atoms with E-state index in [0.29, 0.717) is 42.5 Å². The third-order valence-electron chi connectivity index (χ3n) is 4.46. The Bertz CT molecular complexity index is 965. The van der Waals surface area contributed by atoms with Crippen LogP contribution in [0.5, 0.6) is 17.2 Å². The highest BCUT2D eigenvalue weighted by atomic mass is 32.2. The molecule has 0 saturated carbocycles. The van der Waals surface area contributed by atoms with Crippen LogP contribution >= 0.6 is 0 Å². The standard InChI is InChI=1S/C21H28N2O6S/c1-6-23(7-2)30(25,26)18-9-10-20(29-8-3)19(14-18)22-21(24)15-11-16(27-4)13-17(12-15)28-5/h9-14H,6-8H2,1-5H3,(H,22,24). The Hall–Kier alpha value is -2.78. The molecule has 0 fully saturated rings. The summed E-state index contributed by atoms with van der Waals surface area (Å²) in [6, 6.07) is 9.21. The van der Waals surface area contributed by atoms with Crippen molar-refractivity contribution < 1.29 is 27.4 Å². The van der Waals surface area contributed by atoms with Crippen molar-refractivity contribution in [2.24, 2.45) is 0 Å². The zero-order chi connectivity index (χ0) is 22.3. The van der Waals surface area contributed by atoms with E-state index in [4.69, 9.17) is 14.2 Å². The molecule has 2 rings (SSSR count). The van der Waals surface area contributed by atoms with E-state index in [1.54, 1.807) is 45.0 Å². The van der Waals surface area contributed by atoms with E-state index < -0.39 is 15.9 Å². The predicted molar refractivity (Wildman–Crippen MR) is 115 cm³/mol. The van der Waals surface area contributed by atoms with Crippen LogP contribution < -0.4 is 19.5 Å². The van der Waals surface area contributed by atoms with Crippen molar-refractivity contribution in [3.63, 3.8) is 0 Å². The lowest BCUT2D eigenvalue weighted by atomic mass is 10.1. The van der Waals surface area contributed by atoms with Crippen LogP contribution in [0.25, 0.3) is 0 Å². The molecule has 1 amide bonds. The maximum atomic E-state index is 12.9. The molecule has 0 aliphatic rings. The van der Waals surface area contributed by atoms with Gasteiger partial charge in [-0.1, -0.05) is 13.8 Å². The Labute approximate surface area is 177 Å². The van der Waals surface area contributed by atoms with Gasteiger partial charge in [-0.05, 0) is 37.3 Å². The molecule has 0 unspecified atom stereocenters. The lowest BCUT2D eigenvalue weighted by molar-refractivity contribution is 0.102. The van der Waals surface area contributed by atoms with Crippen molar-refractivity contribution in [1.82, 2.24) is 4.31 Å². The number of sulfonamides is 1. The third kappa shape index (κ3) is 5.22. The molecule has 0 saturated heterocycles. The van der Waals surface area contributed by atoms with Crippen LogP contribution in [0.1, 0.15) is 31.1 Å². The lowest BCUT2D eigenvalue weighted by Crippen LogP contribution is -2.30. The van der Waals surface area contributed by atoms with Gasteiger partial charge in [-0.15, -0.1) is 0 Å². The number of ether oxygens (including phenoxy) is 3. The number of amides is 1. The fourth-order valence-corrected chi connectivity index (χ4v) is 4.38. The summed E-state index contributed by atoms with van der Waals surface area (Å²) in [4.78, 5) is 13.0. The van der Waals surface area contributed by atoms with Gasteiger partial charge in [-0.25, -0.2) is 8.42 Å². The first-order chi connectivity index (χ1) is 14.3. The van der Waals surface area contributed by atoms with Crippen LogP contribution in [0.4, 0.5) is 5.69 Å². The summed E-state index contributed by atoms with van der Waals surface area (Å²) in [7, 11) is -0.708. The maximum absolute atomic E-state index is 12.9. The van der Waals surface area contributed by atoms with Crippen molar-refractivity contribution in [2.75, 3.05) is 39.2 Å². The van der Waals surface area contributed by atoms with Gasteiger partial charge >= 0.3 is 0 Å². The van der Waals surface area contributed by atoms with Crippen molar-refractivity contribution in [2.45, 2.75) is 25.7 Å². The number of nitrogens with zero attached hydrogens (tertiary/aromatic N) is 1. The van der Waals surface area contributed by atoms with Gasteiger partial charge in [0.1, 0.15) is 17.2 Å². The Balaban J connectivity index is 2.46. The minimum atomic E-state index is -3.69. The molecule has 9 heteroatoms. The largest absolute Gasteiger partial charge is 0.497 e. The molecule has 0 aliphatic carbocycles. The second-order valence-electron chi connectivity index (χ2n) is 6.24. The van der Waals surface area contributed by atoms with E-state index in [2.05, 4.69) is 5.32 Å². The number of rotatable bonds is 10. The molecule has 0 aliphatic heterocycles. The van der Waals surface area contributed by atoms with E-state index in [-0.39, 0.29) is 10.6 Å². The van der Waals surface area contributed by atoms with Gasteiger partial charge in [0.2, 0.25) is 10.0 Å². The molecule has 2 aromatic rings. The van der Waals surface area contributed by atoms with Crippen LogP contribution in [0, 0.1) is 0 Å². The minimum Gasteiger partial charge on any atom is -0.497 e. The zero-order valence-electron chi connectivity index (χ0n) is 17.9. The van der Waals surface area contributed by atoms with Crippen LogP contribution in [0.3, 0.4) is 0 Å². The summed E-state index contributed by atoms with van der Waals surface area (Å²) in [5, 5.41) is 2.74. The minimum absolute atomic E-state index is 0.0770. The summed E-state index contributed by atoms with van der Waals surface area (Å²) in [5.41, 5.74) is 0.558. The number of anilines is 1. The van der Waals surface area contributed by atoms with E-state index in [1.807, 2.05) is 0 Å². The number of hydrogen-bond acceptors (Lipinski definition) is 6. The van der Waals surface area contributed by atoms with Crippen LogP contribution in [0.15, 0.2) is 41.3 Å². The number of methoxy groups -OCH3 is 2. The second-order valence-corrected chi connectivity index (χ2v) is 8.17. The first-order valence-electron chi connectivity index (χ1n) is 9.62. The average Bonchev–Trinajstić information content (AvgIpc) is 2.75. The normalized spacial score (nSPS) is 11.3. The van der Waals surface area contributed by atoms with Crippen molar-refractivity contribution in [3.05, 3.63) is 42.0 Å². The molecule has 0 atom stereocenters. The number of carbonyl (C=O) groups excluding carboxylic acids is 1. The molecule has 0 spiro atoms. The van der Waals surface area contributed by atoms with Crippen molar-refractivity contribution in [3.8, 4) is 17.2 Å². The topological polar surface area (TPSA) is 94.2 Å². The summed E-state index contributed by atoms with van der Waals surface area (Å²) in [5.74, 6) is 0.842. The van der Waals surface area contributed by atoms with Gasteiger partial charge in [0.15, 0.2) is 0 Å². The highest BCUT2D eigenvalue weighted by Gasteiger charge is 2.23. The lowest BCUT2D eigenvalue weighted by Gasteiger charge is -2.20. The highest BCUT2D eigenvalue weighted by Crippen LogP contribution is 2.30. The zero-order valence-corrected chi connectivity index (χ0v) is 18.7. The Kier molecular flexibility index (Phi) is 8.08. The number of benzene rings is 2. The van der Waals surface area contributed by atoms with Gasteiger partial charge in [0.05, 0.1) is 31.4 Å². The number of nitrogens with one attached hydrogen (secondary N) is 1. The molecular formula is C21H28N2O6S. The van der Waals surface area contributed by atoms with Crippen molar-refractivity contribution >= 4 is 21.6 Å². The van der Waals surface area contributed by atoms with Gasteiger partial charge in [-0.2, -0.15) is 4.31 Å². The number of carbonyl (C=O) groups is 1. The predicted octanol–water partition coefficient (Wildman–Crippen LogP) is 3.39. The smallest absolute Gasteiger partial charge is 0.256 e. The summed E-state index contributed by atoms with van der Waals surface area (Å²) in [6.45, 7) is 6.40. The monoisotopic (exact) mass is 436 g/mol. The molecule has 1 N–H and O–H groups in total. The van der Waals surface area contributed by atoms with E-state index >= 15 is 0 Å². The average molecular weight is 437 g/mol. The molecule has 0 heterocycles. The number of hydrogen-bond donors (Lipinski definition) is 1. The summed E-state index contributed by atoms with van der Waals surface area (Å²) in [6.07, 6.45) is 0. The Morgan fingerprint density at radius 1 is 0.967 bits per heavy atom. The second kappa shape index (κ2) is 10.3. The molecule has 164 valence electrons. The third-order valence-corrected chi connectivity index (χ3v) is 6.50. The highest BCUT2D eigenvalue weighted by molar-refractivity contribution is 7.89. The molecule has 0 aromatic heterocycles.